The molecule has 1 unspecified atom stereocenters. The number of benzene rings is 1. The van der Waals surface area contributed by atoms with E-state index in [-0.39, 0.29) is 12.7 Å². The first-order chi connectivity index (χ1) is 10.2. The van der Waals surface area contributed by atoms with Gasteiger partial charge in [0.05, 0.1) is 13.0 Å². The van der Waals surface area contributed by atoms with Crippen LogP contribution in [0, 0.1) is 17.8 Å². The number of ether oxygens (including phenoxy) is 3. The van der Waals surface area contributed by atoms with Crippen LogP contribution in [0.2, 0.25) is 0 Å². The Morgan fingerprint density at radius 2 is 2.14 bits per heavy atom. The highest BCUT2D eigenvalue weighted by atomic mass is 16.7. The number of carboxylic acid groups (broad SMARTS) is 1. The Morgan fingerprint density at radius 3 is 2.81 bits per heavy atom. The Morgan fingerprint density at radius 1 is 1.38 bits per heavy atom. The predicted octanol–water partition coefficient (Wildman–Crippen LogP) is 1.19. The number of carbonyl (C=O) groups is 1. The zero-order valence-electron chi connectivity index (χ0n) is 11.7. The van der Waals surface area contributed by atoms with E-state index < -0.39 is 5.97 Å². The van der Waals surface area contributed by atoms with Crippen molar-refractivity contribution in [3.05, 3.63) is 17.7 Å². The smallest absolute Gasteiger partial charge is 0.307 e. The number of rotatable bonds is 4. The molecular weight excluding hydrogens is 274 g/mol. The Kier molecular flexibility index (Phi) is 2.75. The minimum absolute atomic E-state index is 0.118. The first-order valence-electron chi connectivity index (χ1n) is 7.09. The van der Waals surface area contributed by atoms with Crippen LogP contribution in [0.3, 0.4) is 0 Å². The van der Waals surface area contributed by atoms with E-state index >= 15 is 0 Å². The summed E-state index contributed by atoms with van der Waals surface area (Å²) in [5.41, 5.74) is 1.10. The van der Waals surface area contributed by atoms with Gasteiger partial charge in [-0.3, -0.25) is 9.69 Å². The number of hydrogen-bond acceptors (Lipinski definition) is 5. The standard InChI is InChI=1S/C15H17NO5/c1-19-11-2-8(3-12-14(11)21-7-20-12)4-16-5-9-10(6-16)13(9)15(17)18/h2-3,9-10,13H,4-7H2,1H3,(H,17,18)/t9-,10+,13?. The Labute approximate surface area is 122 Å². The van der Waals surface area contributed by atoms with Crippen LogP contribution in [-0.4, -0.2) is 43.0 Å². The SMILES string of the molecule is COc1cc(CN2C[C@@H]3C(C(=O)O)[C@@H]3C2)cc2c1OCO2. The fraction of sp³-hybridized carbons (Fsp3) is 0.533. The Hall–Kier alpha value is -1.95. The second-order valence-corrected chi connectivity index (χ2v) is 5.92. The van der Waals surface area contributed by atoms with Gasteiger partial charge in [0.15, 0.2) is 11.5 Å². The molecule has 3 aliphatic rings. The Bertz CT molecular complexity index is 590. The molecule has 6 heteroatoms. The van der Waals surface area contributed by atoms with E-state index in [4.69, 9.17) is 19.3 Å². The molecule has 0 amide bonds. The van der Waals surface area contributed by atoms with Crippen LogP contribution >= 0.6 is 0 Å². The van der Waals surface area contributed by atoms with Crippen LogP contribution in [-0.2, 0) is 11.3 Å². The number of piperidine rings is 1. The zero-order valence-corrected chi connectivity index (χ0v) is 11.7. The van der Waals surface area contributed by atoms with E-state index in [1.54, 1.807) is 7.11 Å². The van der Waals surface area contributed by atoms with E-state index in [9.17, 15) is 4.79 Å². The van der Waals surface area contributed by atoms with Gasteiger partial charge in [0.25, 0.3) is 0 Å². The fourth-order valence-electron chi connectivity index (χ4n) is 3.64. The summed E-state index contributed by atoms with van der Waals surface area (Å²) in [6, 6.07) is 3.94. The van der Waals surface area contributed by atoms with Crippen LogP contribution in [0.15, 0.2) is 12.1 Å². The summed E-state index contributed by atoms with van der Waals surface area (Å²) < 4.78 is 16.1. The molecule has 0 aromatic heterocycles. The highest BCUT2D eigenvalue weighted by Crippen LogP contribution is 2.52. The van der Waals surface area contributed by atoms with Gasteiger partial charge in [-0.25, -0.2) is 0 Å². The molecule has 1 N–H and O–H groups in total. The van der Waals surface area contributed by atoms with Crippen molar-refractivity contribution in [1.82, 2.24) is 4.90 Å². The third kappa shape index (κ3) is 2.01. The topological polar surface area (TPSA) is 68.2 Å². The third-order valence-electron chi connectivity index (χ3n) is 4.68. The first kappa shape index (κ1) is 12.8. The van der Waals surface area contributed by atoms with Gasteiger partial charge in [0.2, 0.25) is 12.5 Å². The number of methoxy groups -OCH3 is 1. The summed E-state index contributed by atoms with van der Waals surface area (Å²) in [6.45, 7) is 2.73. The lowest BCUT2D eigenvalue weighted by Gasteiger charge is -2.19. The average molecular weight is 291 g/mol. The molecule has 1 saturated heterocycles. The Balaban J connectivity index is 1.46. The largest absolute Gasteiger partial charge is 0.493 e. The summed E-state index contributed by atoms with van der Waals surface area (Å²) in [4.78, 5) is 13.3. The maximum Gasteiger partial charge on any atom is 0.307 e. The summed E-state index contributed by atoms with van der Waals surface area (Å²) in [5, 5.41) is 9.04. The molecule has 1 aromatic carbocycles. The predicted molar refractivity (Wildman–Crippen MR) is 72.5 cm³/mol. The van der Waals surface area contributed by atoms with Crippen LogP contribution in [0.1, 0.15) is 5.56 Å². The van der Waals surface area contributed by atoms with Crippen LogP contribution in [0.4, 0.5) is 0 Å². The van der Waals surface area contributed by atoms with Gasteiger partial charge in [0.1, 0.15) is 0 Å². The lowest BCUT2D eigenvalue weighted by Crippen LogP contribution is -2.25. The number of aliphatic carboxylic acids is 1. The van der Waals surface area contributed by atoms with E-state index in [2.05, 4.69) is 4.90 Å². The molecule has 112 valence electrons. The van der Waals surface area contributed by atoms with E-state index in [1.807, 2.05) is 12.1 Å². The van der Waals surface area contributed by atoms with Crippen molar-refractivity contribution in [2.75, 3.05) is 27.0 Å². The minimum Gasteiger partial charge on any atom is -0.493 e. The third-order valence-corrected chi connectivity index (χ3v) is 4.68. The normalized spacial score (nSPS) is 29.3. The lowest BCUT2D eigenvalue weighted by molar-refractivity contribution is -0.139. The van der Waals surface area contributed by atoms with E-state index in [1.165, 1.54) is 0 Å². The molecule has 4 rings (SSSR count). The van der Waals surface area contributed by atoms with Crippen molar-refractivity contribution >= 4 is 5.97 Å². The van der Waals surface area contributed by atoms with Gasteiger partial charge in [-0.15, -0.1) is 0 Å². The van der Waals surface area contributed by atoms with Crippen LogP contribution in [0.25, 0.3) is 0 Å². The van der Waals surface area contributed by atoms with Crippen LogP contribution in [0.5, 0.6) is 17.2 Å². The quantitative estimate of drug-likeness (QED) is 0.898. The molecule has 21 heavy (non-hydrogen) atoms. The molecule has 0 bridgehead atoms. The van der Waals surface area contributed by atoms with E-state index in [0.717, 1.165) is 30.9 Å². The van der Waals surface area contributed by atoms with Crippen molar-refractivity contribution in [2.24, 2.45) is 17.8 Å². The molecule has 2 fully saturated rings. The summed E-state index contributed by atoms with van der Waals surface area (Å²) >= 11 is 0. The van der Waals surface area contributed by atoms with Gasteiger partial charge in [-0.2, -0.15) is 0 Å². The highest BCUT2D eigenvalue weighted by Gasteiger charge is 2.59. The van der Waals surface area contributed by atoms with Crippen molar-refractivity contribution in [1.29, 1.82) is 0 Å². The second-order valence-electron chi connectivity index (χ2n) is 5.92. The molecule has 1 aromatic rings. The van der Waals surface area contributed by atoms with Crippen molar-refractivity contribution in [2.45, 2.75) is 6.54 Å². The fourth-order valence-corrected chi connectivity index (χ4v) is 3.64. The van der Waals surface area contributed by atoms with Crippen LogP contribution < -0.4 is 14.2 Å². The number of fused-ring (bicyclic) bond motifs is 2. The average Bonchev–Trinajstić information content (AvgIpc) is 2.82. The van der Waals surface area contributed by atoms with Gasteiger partial charge >= 0.3 is 5.97 Å². The molecule has 2 aliphatic heterocycles. The molecule has 6 nitrogen and oxygen atoms in total. The monoisotopic (exact) mass is 291 g/mol. The lowest BCUT2D eigenvalue weighted by atomic mass is 10.1. The maximum absolute atomic E-state index is 11.0. The van der Waals surface area contributed by atoms with Gasteiger partial charge in [-0.1, -0.05) is 0 Å². The molecular formula is C15H17NO5. The molecule has 0 radical (unpaired) electrons. The molecule has 2 heterocycles. The highest BCUT2D eigenvalue weighted by molar-refractivity contribution is 5.74. The minimum atomic E-state index is -0.644. The number of likely N-dealkylation sites (tertiary alicyclic amines) is 1. The zero-order chi connectivity index (χ0) is 14.6. The molecule has 3 atom stereocenters. The van der Waals surface area contributed by atoms with Crippen molar-refractivity contribution in [3.63, 3.8) is 0 Å². The number of carboxylic acids is 1. The second kappa shape index (κ2) is 4.53. The summed E-state index contributed by atoms with van der Waals surface area (Å²) in [6.07, 6.45) is 0. The summed E-state index contributed by atoms with van der Waals surface area (Å²) in [5.74, 6) is 1.97. The first-order valence-corrected chi connectivity index (χ1v) is 7.09. The molecule has 0 spiro atoms. The number of nitrogens with zero attached hydrogens (tertiary/aromatic N) is 1. The number of hydrogen-bond donors (Lipinski definition) is 1. The van der Waals surface area contributed by atoms with E-state index in [0.29, 0.717) is 23.3 Å². The molecule has 1 saturated carbocycles. The molecule has 1 aliphatic carbocycles. The maximum atomic E-state index is 11.0. The van der Waals surface area contributed by atoms with Crippen molar-refractivity contribution < 1.29 is 24.1 Å². The van der Waals surface area contributed by atoms with Crippen molar-refractivity contribution in [3.8, 4) is 17.2 Å². The van der Waals surface area contributed by atoms with Gasteiger partial charge in [0, 0.05) is 19.6 Å². The van der Waals surface area contributed by atoms with Gasteiger partial charge < -0.3 is 19.3 Å². The summed E-state index contributed by atoms with van der Waals surface area (Å²) in [7, 11) is 1.61. The van der Waals surface area contributed by atoms with Gasteiger partial charge in [-0.05, 0) is 29.5 Å².